The zero-order valence-corrected chi connectivity index (χ0v) is 24.2. The lowest BCUT2D eigenvalue weighted by molar-refractivity contribution is 0.0815. The molecule has 2 aliphatic rings. The molecule has 2 fully saturated rings. The topological polar surface area (TPSA) is 50.1 Å². The lowest BCUT2D eigenvalue weighted by Crippen LogP contribution is -2.49. The van der Waals surface area contributed by atoms with Gasteiger partial charge in [0.05, 0.1) is 11.4 Å². The van der Waals surface area contributed by atoms with Gasteiger partial charge in [0.15, 0.2) is 5.65 Å². The van der Waals surface area contributed by atoms with Crippen molar-refractivity contribution in [2.45, 2.75) is 93.2 Å². The van der Waals surface area contributed by atoms with E-state index in [-0.39, 0.29) is 0 Å². The number of benzene rings is 1. The van der Waals surface area contributed by atoms with Gasteiger partial charge < -0.3 is 4.90 Å². The van der Waals surface area contributed by atoms with Crippen LogP contribution in [0.4, 0.5) is 0 Å². The maximum absolute atomic E-state index is 7.55. The molecule has 1 saturated heterocycles. The zero-order valence-electron chi connectivity index (χ0n) is 25.2. The summed E-state index contributed by atoms with van der Waals surface area (Å²) in [4.78, 5) is 13.7. The second kappa shape index (κ2) is 18.0. The van der Waals surface area contributed by atoms with Crippen molar-refractivity contribution in [1.29, 1.82) is 0 Å². The molecular weight excluding hydrogens is 444 g/mol. The van der Waals surface area contributed by atoms with Crippen molar-refractivity contribution < 1.29 is 1.37 Å². The fourth-order valence-corrected chi connectivity index (χ4v) is 4.74. The van der Waals surface area contributed by atoms with Crippen LogP contribution in [0.5, 0.6) is 0 Å². The average molecular weight is 498 g/mol. The molecule has 1 aliphatic carbocycles. The molecule has 2 aromatic heterocycles. The van der Waals surface area contributed by atoms with E-state index in [1.54, 1.807) is 6.33 Å². The SMILES string of the molecule is CC.CC.CC.CC.[2H]CN1CCN(C2CCC(n3nc(-c4ccccc4)c4cncnc43)CC2)CC1. The number of aromatic nitrogens is 4. The van der Waals surface area contributed by atoms with E-state index in [2.05, 4.69) is 48.7 Å². The zero-order chi connectivity index (χ0) is 27.6. The van der Waals surface area contributed by atoms with Crippen LogP contribution in [0, 0.1) is 0 Å². The molecule has 1 aromatic carbocycles. The highest BCUT2D eigenvalue weighted by molar-refractivity contribution is 5.90. The molecular formula is C30H52N6. The molecule has 5 rings (SSSR count). The minimum Gasteiger partial charge on any atom is -0.304 e. The van der Waals surface area contributed by atoms with Gasteiger partial charge in [-0.05, 0) is 32.7 Å². The van der Waals surface area contributed by atoms with E-state index < -0.39 is 0 Å². The van der Waals surface area contributed by atoms with Crippen LogP contribution in [-0.2, 0) is 0 Å². The van der Waals surface area contributed by atoms with Gasteiger partial charge in [0, 0.05) is 45.4 Å². The summed E-state index contributed by atoms with van der Waals surface area (Å²) in [5.41, 5.74) is 3.05. The van der Waals surface area contributed by atoms with E-state index in [0.717, 1.165) is 61.3 Å². The largest absolute Gasteiger partial charge is 0.304 e. The van der Waals surface area contributed by atoms with Crippen LogP contribution < -0.4 is 0 Å². The van der Waals surface area contributed by atoms with Crippen LogP contribution >= 0.6 is 0 Å². The second-order valence-corrected chi connectivity index (χ2v) is 8.04. The molecule has 0 N–H and O–H groups in total. The van der Waals surface area contributed by atoms with Gasteiger partial charge in [-0.25, -0.2) is 14.6 Å². The van der Waals surface area contributed by atoms with Gasteiger partial charge in [-0.1, -0.05) is 85.7 Å². The molecule has 3 heterocycles. The maximum Gasteiger partial charge on any atom is 0.162 e. The van der Waals surface area contributed by atoms with Crippen molar-refractivity contribution >= 4 is 11.0 Å². The Kier molecular flexibility index (Phi) is 15.0. The van der Waals surface area contributed by atoms with Gasteiger partial charge in [0.25, 0.3) is 0 Å². The van der Waals surface area contributed by atoms with Crippen LogP contribution in [0.15, 0.2) is 42.9 Å². The summed E-state index contributed by atoms with van der Waals surface area (Å²) in [6.45, 7) is 20.3. The molecule has 0 amide bonds. The smallest absolute Gasteiger partial charge is 0.162 e. The van der Waals surface area contributed by atoms with E-state index >= 15 is 0 Å². The predicted molar refractivity (Wildman–Crippen MR) is 157 cm³/mol. The first-order valence-electron chi connectivity index (χ1n) is 15.0. The first-order valence-corrected chi connectivity index (χ1v) is 14.3. The van der Waals surface area contributed by atoms with Gasteiger partial charge in [0.2, 0.25) is 0 Å². The quantitative estimate of drug-likeness (QED) is 0.379. The highest BCUT2D eigenvalue weighted by Gasteiger charge is 2.30. The lowest BCUT2D eigenvalue weighted by Gasteiger charge is -2.41. The highest BCUT2D eigenvalue weighted by Crippen LogP contribution is 2.35. The standard InChI is InChI=1S/C22H28N6.4C2H6/c1-26-11-13-27(14-12-26)18-7-9-19(10-8-18)28-22-20(15-23-16-24-22)21(25-28)17-5-3-2-4-6-17;4*1-2/h2-6,15-16,18-19H,7-14H2,1H3;4*1-2H3/i1D;;;;. The molecule has 3 aromatic rings. The normalized spacial score (nSPS) is 20.2. The molecule has 0 atom stereocenters. The van der Waals surface area contributed by atoms with E-state index in [1.807, 2.05) is 67.7 Å². The molecule has 6 heteroatoms. The maximum atomic E-state index is 7.55. The number of piperazine rings is 1. The van der Waals surface area contributed by atoms with Crippen molar-refractivity contribution in [3.8, 4) is 11.3 Å². The van der Waals surface area contributed by atoms with Crippen LogP contribution in [0.1, 0.15) is 88.5 Å². The number of fused-ring (bicyclic) bond motifs is 1. The van der Waals surface area contributed by atoms with Crippen LogP contribution in [-0.4, -0.2) is 68.8 Å². The molecule has 6 nitrogen and oxygen atoms in total. The number of nitrogens with zero attached hydrogens (tertiary/aromatic N) is 6. The number of likely N-dealkylation sites (N-methyl/N-ethyl adjacent to an activating group) is 1. The van der Waals surface area contributed by atoms with Crippen molar-refractivity contribution in [1.82, 2.24) is 29.5 Å². The van der Waals surface area contributed by atoms with Gasteiger partial charge in [-0.15, -0.1) is 0 Å². The third-order valence-corrected chi connectivity index (χ3v) is 6.35. The van der Waals surface area contributed by atoms with Crippen molar-refractivity contribution in [2.24, 2.45) is 0 Å². The summed E-state index contributed by atoms with van der Waals surface area (Å²) in [5, 5.41) is 6.05. The van der Waals surface area contributed by atoms with Crippen LogP contribution in [0.25, 0.3) is 22.3 Å². The van der Waals surface area contributed by atoms with Gasteiger partial charge in [-0.3, -0.25) is 4.90 Å². The summed E-state index contributed by atoms with van der Waals surface area (Å²) in [6, 6.07) is 11.4. The predicted octanol–water partition coefficient (Wildman–Crippen LogP) is 7.33. The second-order valence-electron chi connectivity index (χ2n) is 8.04. The summed E-state index contributed by atoms with van der Waals surface area (Å²) in [5.74, 6) is 0. The fourth-order valence-electron chi connectivity index (χ4n) is 4.74. The van der Waals surface area contributed by atoms with Crippen molar-refractivity contribution in [3.63, 3.8) is 0 Å². The van der Waals surface area contributed by atoms with Gasteiger partial charge >= 0.3 is 0 Å². The summed E-state index contributed by atoms with van der Waals surface area (Å²) in [7, 11) is 0.429. The summed E-state index contributed by atoms with van der Waals surface area (Å²) < 4.78 is 9.71. The van der Waals surface area contributed by atoms with Crippen molar-refractivity contribution in [2.75, 3.05) is 33.2 Å². The highest BCUT2D eigenvalue weighted by atomic mass is 15.3. The molecule has 36 heavy (non-hydrogen) atoms. The average Bonchev–Trinajstić information content (AvgIpc) is 3.42. The Bertz CT molecular complexity index is 945. The summed E-state index contributed by atoms with van der Waals surface area (Å²) >= 11 is 0. The van der Waals surface area contributed by atoms with Gasteiger partial charge in [0.1, 0.15) is 12.0 Å². The Hall–Kier alpha value is -2.31. The number of hydrogen-bond donors (Lipinski definition) is 0. The Morgan fingerprint density at radius 3 is 1.94 bits per heavy atom. The third-order valence-electron chi connectivity index (χ3n) is 6.35. The van der Waals surface area contributed by atoms with Crippen LogP contribution in [0.3, 0.4) is 0 Å². The monoisotopic (exact) mass is 497 g/mol. The Balaban J connectivity index is 0.000000784. The molecule has 202 valence electrons. The number of hydrogen-bond acceptors (Lipinski definition) is 5. The van der Waals surface area contributed by atoms with Crippen molar-refractivity contribution in [3.05, 3.63) is 42.9 Å². The fraction of sp³-hybridized carbons (Fsp3) is 0.633. The first kappa shape index (κ1) is 29.9. The Morgan fingerprint density at radius 2 is 1.36 bits per heavy atom. The molecule has 0 spiro atoms. The number of rotatable bonds is 3. The van der Waals surface area contributed by atoms with E-state index in [1.165, 1.54) is 12.8 Å². The molecule has 0 unspecified atom stereocenters. The van der Waals surface area contributed by atoms with Gasteiger partial charge in [-0.2, -0.15) is 5.10 Å². The molecule has 0 bridgehead atoms. The Labute approximate surface area is 222 Å². The third kappa shape index (κ3) is 8.10. The molecule has 1 saturated carbocycles. The summed E-state index contributed by atoms with van der Waals surface area (Å²) in [6.07, 6.45) is 8.21. The molecule has 1 aliphatic heterocycles. The minimum absolute atomic E-state index is 0.399. The van der Waals surface area contributed by atoms with E-state index in [0.29, 0.717) is 19.1 Å². The Morgan fingerprint density at radius 1 is 0.778 bits per heavy atom. The van der Waals surface area contributed by atoms with E-state index in [9.17, 15) is 0 Å². The first-order chi connectivity index (χ1) is 18.3. The lowest BCUT2D eigenvalue weighted by atomic mass is 9.90. The minimum atomic E-state index is 0.399. The van der Waals surface area contributed by atoms with E-state index in [4.69, 9.17) is 6.47 Å². The molecule has 0 radical (unpaired) electrons. The van der Waals surface area contributed by atoms with Crippen LogP contribution in [0.2, 0.25) is 0 Å².